The summed E-state index contributed by atoms with van der Waals surface area (Å²) in [6.45, 7) is 0.276. The fourth-order valence-electron chi connectivity index (χ4n) is 1.59. The third kappa shape index (κ3) is 4.15. The molecule has 104 valence electrons. The smallest absolute Gasteiger partial charge is 0.258 e. The van der Waals surface area contributed by atoms with Gasteiger partial charge in [-0.2, -0.15) is 0 Å². The first-order valence-electron chi connectivity index (χ1n) is 6.04. The maximum Gasteiger partial charge on any atom is 0.258 e. The largest absolute Gasteiger partial charge is 0.482 e. The Kier molecular flexibility index (Phi) is 5.27. The van der Waals surface area contributed by atoms with Crippen LogP contribution in [0, 0.1) is 0 Å². The summed E-state index contributed by atoms with van der Waals surface area (Å²) >= 11 is 11.9. The van der Waals surface area contributed by atoms with Crippen LogP contribution in [-0.2, 0) is 11.3 Å². The van der Waals surface area contributed by atoms with Crippen molar-refractivity contribution in [2.45, 2.75) is 6.54 Å². The standard InChI is InChI=1S/C15H13Cl2NO2/c16-12-6-2-1-5-11(12)9-18-15(19)10-20-14-8-4-3-7-13(14)17/h1-8H,9-10H2,(H,18,19). The number of rotatable bonds is 5. The highest BCUT2D eigenvalue weighted by atomic mass is 35.5. The fourth-order valence-corrected chi connectivity index (χ4v) is 1.98. The topological polar surface area (TPSA) is 38.3 Å². The molecule has 0 saturated carbocycles. The molecule has 0 heterocycles. The Morgan fingerprint density at radius 3 is 2.35 bits per heavy atom. The predicted octanol–water partition coefficient (Wildman–Crippen LogP) is 3.69. The van der Waals surface area contributed by atoms with Gasteiger partial charge in [0.1, 0.15) is 5.75 Å². The molecule has 0 bridgehead atoms. The Morgan fingerprint density at radius 1 is 1.00 bits per heavy atom. The lowest BCUT2D eigenvalue weighted by Gasteiger charge is -2.09. The zero-order valence-electron chi connectivity index (χ0n) is 10.6. The molecule has 0 unspecified atom stereocenters. The first-order chi connectivity index (χ1) is 9.66. The molecule has 0 spiro atoms. The van der Waals surface area contributed by atoms with Crippen molar-refractivity contribution in [2.75, 3.05) is 6.61 Å². The summed E-state index contributed by atoms with van der Waals surface area (Å²) in [5.74, 6) is 0.256. The number of hydrogen-bond donors (Lipinski definition) is 1. The lowest BCUT2D eigenvalue weighted by molar-refractivity contribution is -0.123. The van der Waals surface area contributed by atoms with Gasteiger partial charge in [0.25, 0.3) is 5.91 Å². The summed E-state index contributed by atoms with van der Waals surface area (Å²) in [4.78, 5) is 11.7. The van der Waals surface area contributed by atoms with E-state index < -0.39 is 0 Å². The summed E-state index contributed by atoms with van der Waals surface area (Å²) in [7, 11) is 0. The van der Waals surface area contributed by atoms with Gasteiger partial charge in [-0.25, -0.2) is 0 Å². The number of amides is 1. The highest BCUT2D eigenvalue weighted by molar-refractivity contribution is 6.32. The number of halogens is 2. The molecule has 0 atom stereocenters. The van der Waals surface area contributed by atoms with Gasteiger partial charge in [-0.3, -0.25) is 4.79 Å². The third-order valence-electron chi connectivity index (χ3n) is 2.63. The Bertz CT molecular complexity index is 550. The predicted molar refractivity (Wildman–Crippen MR) is 80.2 cm³/mol. The van der Waals surface area contributed by atoms with Crippen molar-refractivity contribution in [3.05, 3.63) is 64.1 Å². The lowest BCUT2D eigenvalue weighted by Crippen LogP contribution is -2.28. The summed E-state index contributed by atoms with van der Waals surface area (Å²) in [6.07, 6.45) is 0. The van der Waals surface area contributed by atoms with E-state index in [0.717, 1.165) is 5.56 Å². The van der Waals surface area contributed by atoms with E-state index in [4.69, 9.17) is 27.9 Å². The first kappa shape index (κ1) is 14.7. The van der Waals surface area contributed by atoms with E-state index in [0.29, 0.717) is 22.3 Å². The summed E-state index contributed by atoms with van der Waals surface area (Å²) in [5.41, 5.74) is 0.861. The minimum absolute atomic E-state index is 0.0891. The minimum Gasteiger partial charge on any atom is -0.482 e. The zero-order chi connectivity index (χ0) is 14.4. The van der Waals surface area contributed by atoms with E-state index >= 15 is 0 Å². The quantitative estimate of drug-likeness (QED) is 0.914. The maximum absolute atomic E-state index is 11.7. The van der Waals surface area contributed by atoms with Gasteiger partial charge in [-0.05, 0) is 23.8 Å². The van der Waals surface area contributed by atoms with Gasteiger partial charge in [0, 0.05) is 11.6 Å². The number of hydrogen-bond acceptors (Lipinski definition) is 2. The fraction of sp³-hybridized carbons (Fsp3) is 0.133. The van der Waals surface area contributed by atoms with Gasteiger partial charge in [-0.1, -0.05) is 53.5 Å². The highest BCUT2D eigenvalue weighted by Crippen LogP contribution is 2.22. The van der Waals surface area contributed by atoms with Crippen molar-refractivity contribution in [3.63, 3.8) is 0 Å². The lowest BCUT2D eigenvalue weighted by atomic mass is 10.2. The number of para-hydroxylation sites is 1. The molecule has 0 aliphatic rings. The molecule has 0 saturated heterocycles. The van der Waals surface area contributed by atoms with Crippen molar-refractivity contribution in [2.24, 2.45) is 0 Å². The minimum atomic E-state index is -0.232. The summed E-state index contributed by atoms with van der Waals surface area (Å²) in [6, 6.07) is 14.4. The Hall–Kier alpha value is -1.71. The van der Waals surface area contributed by atoms with Gasteiger partial charge in [-0.15, -0.1) is 0 Å². The number of benzene rings is 2. The molecule has 0 aliphatic heterocycles. The van der Waals surface area contributed by atoms with E-state index in [2.05, 4.69) is 5.32 Å². The number of nitrogens with one attached hydrogen (secondary N) is 1. The van der Waals surface area contributed by atoms with E-state index in [9.17, 15) is 4.79 Å². The van der Waals surface area contributed by atoms with Gasteiger partial charge in [0.2, 0.25) is 0 Å². The van der Waals surface area contributed by atoms with Crippen LogP contribution in [0.4, 0.5) is 0 Å². The number of carbonyl (C=O) groups is 1. The van der Waals surface area contributed by atoms with Crippen molar-refractivity contribution in [3.8, 4) is 5.75 Å². The number of ether oxygens (including phenoxy) is 1. The van der Waals surface area contributed by atoms with Crippen LogP contribution in [0.3, 0.4) is 0 Å². The van der Waals surface area contributed by atoms with Gasteiger partial charge < -0.3 is 10.1 Å². The molecule has 20 heavy (non-hydrogen) atoms. The van der Waals surface area contributed by atoms with Crippen molar-refractivity contribution >= 4 is 29.1 Å². The van der Waals surface area contributed by atoms with Crippen LogP contribution in [0.25, 0.3) is 0 Å². The van der Waals surface area contributed by atoms with Gasteiger partial charge >= 0.3 is 0 Å². The van der Waals surface area contributed by atoms with Crippen LogP contribution in [0.1, 0.15) is 5.56 Å². The van der Waals surface area contributed by atoms with Crippen LogP contribution in [-0.4, -0.2) is 12.5 Å². The second kappa shape index (κ2) is 7.17. The number of carbonyl (C=O) groups excluding carboxylic acids is 1. The van der Waals surface area contributed by atoms with Crippen LogP contribution >= 0.6 is 23.2 Å². The monoisotopic (exact) mass is 309 g/mol. The van der Waals surface area contributed by atoms with E-state index in [1.54, 1.807) is 30.3 Å². The van der Waals surface area contributed by atoms with E-state index in [1.165, 1.54) is 0 Å². The van der Waals surface area contributed by atoms with E-state index in [-0.39, 0.29) is 12.5 Å². The second-order valence-corrected chi connectivity index (χ2v) is 4.90. The molecule has 2 aromatic carbocycles. The second-order valence-electron chi connectivity index (χ2n) is 4.09. The Labute approximate surface area is 127 Å². The first-order valence-corrected chi connectivity index (χ1v) is 6.80. The molecular formula is C15H13Cl2NO2. The van der Waals surface area contributed by atoms with Crippen molar-refractivity contribution in [1.82, 2.24) is 5.32 Å². The molecule has 2 aromatic rings. The normalized spacial score (nSPS) is 10.1. The maximum atomic E-state index is 11.7. The SMILES string of the molecule is O=C(COc1ccccc1Cl)NCc1ccccc1Cl. The van der Waals surface area contributed by atoms with Crippen LogP contribution < -0.4 is 10.1 Å². The molecule has 5 heteroatoms. The average molecular weight is 310 g/mol. The molecule has 2 rings (SSSR count). The van der Waals surface area contributed by atoms with Crippen LogP contribution in [0.2, 0.25) is 10.0 Å². The van der Waals surface area contributed by atoms with Gasteiger partial charge in [0.15, 0.2) is 6.61 Å². The molecule has 0 radical (unpaired) electrons. The molecule has 0 fully saturated rings. The Morgan fingerprint density at radius 2 is 1.65 bits per heavy atom. The Balaban J connectivity index is 1.82. The third-order valence-corrected chi connectivity index (χ3v) is 3.31. The van der Waals surface area contributed by atoms with E-state index in [1.807, 2.05) is 18.2 Å². The average Bonchev–Trinajstić information content (AvgIpc) is 2.45. The molecule has 0 aliphatic carbocycles. The van der Waals surface area contributed by atoms with Crippen molar-refractivity contribution < 1.29 is 9.53 Å². The van der Waals surface area contributed by atoms with Crippen LogP contribution in [0.5, 0.6) is 5.75 Å². The highest BCUT2D eigenvalue weighted by Gasteiger charge is 2.06. The molecule has 3 nitrogen and oxygen atoms in total. The summed E-state index contributed by atoms with van der Waals surface area (Å²) in [5, 5.41) is 3.84. The van der Waals surface area contributed by atoms with Gasteiger partial charge in [0.05, 0.1) is 5.02 Å². The molecular weight excluding hydrogens is 297 g/mol. The molecule has 1 amide bonds. The van der Waals surface area contributed by atoms with Crippen LogP contribution in [0.15, 0.2) is 48.5 Å². The zero-order valence-corrected chi connectivity index (χ0v) is 12.1. The van der Waals surface area contributed by atoms with Crippen molar-refractivity contribution in [1.29, 1.82) is 0 Å². The molecule has 1 N–H and O–H groups in total. The summed E-state index contributed by atoms with van der Waals surface area (Å²) < 4.78 is 5.34. The molecule has 0 aromatic heterocycles.